The van der Waals surface area contributed by atoms with E-state index in [2.05, 4.69) is 0 Å². The molecule has 0 saturated heterocycles. The Morgan fingerprint density at radius 2 is 1.76 bits per heavy atom. The molecule has 156 valence electrons. The molecule has 29 heavy (non-hydrogen) atoms. The van der Waals surface area contributed by atoms with Crippen LogP contribution in [0.5, 0.6) is 0 Å². The van der Waals surface area contributed by atoms with Crippen molar-refractivity contribution < 1.29 is 17.9 Å². The predicted molar refractivity (Wildman–Crippen MR) is 114 cm³/mol. The smallest absolute Gasteiger partial charge is 0.414 e. The van der Waals surface area contributed by atoms with Gasteiger partial charge in [0.1, 0.15) is 6.61 Å². The number of fused-ring (bicyclic) bond motifs is 1. The average molecular weight is 417 g/mol. The molecule has 7 heteroatoms. The Kier molecular flexibility index (Phi) is 6.29. The Morgan fingerprint density at radius 3 is 2.41 bits per heavy atom. The number of anilines is 1. The normalized spacial score (nSPS) is 15.2. The highest BCUT2D eigenvalue weighted by Crippen LogP contribution is 2.30. The average Bonchev–Trinajstić information content (AvgIpc) is 2.68. The molecule has 0 aliphatic carbocycles. The molecule has 1 aliphatic heterocycles. The molecule has 3 rings (SSSR count). The van der Waals surface area contributed by atoms with Crippen LogP contribution in [0, 0.1) is 13.8 Å². The van der Waals surface area contributed by atoms with E-state index in [0.29, 0.717) is 19.5 Å². The van der Waals surface area contributed by atoms with E-state index < -0.39 is 16.1 Å². The number of hydrogen-bond acceptors (Lipinski definition) is 4. The summed E-state index contributed by atoms with van der Waals surface area (Å²) in [6, 6.07) is 12.6. The minimum Gasteiger partial charge on any atom is -0.444 e. The van der Waals surface area contributed by atoms with E-state index in [1.165, 1.54) is 4.31 Å². The van der Waals surface area contributed by atoms with Crippen LogP contribution in [0.3, 0.4) is 0 Å². The fourth-order valence-corrected chi connectivity index (χ4v) is 5.02. The van der Waals surface area contributed by atoms with Crippen molar-refractivity contribution >= 4 is 21.8 Å². The van der Waals surface area contributed by atoms with Crippen LogP contribution < -0.4 is 4.90 Å². The summed E-state index contributed by atoms with van der Waals surface area (Å²) in [7, 11) is -3.58. The highest BCUT2D eigenvalue weighted by atomic mass is 32.2. The van der Waals surface area contributed by atoms with Crippen LogP contribution in [-0.2, 0) is 21.4 Å². The molecule has 0 radical (unpaired) electrons. The Hall–Kier alpha value is -2.38. The fraction of sp³-hybridized carbons (Fsp3) is 0.409. The predicted octanol–water partition coefficient (Wildman–Crippen LogP) is 4.25. The van der Waals surface area contributed by atoms with Crippen LogP contribution >= 0.6 is 0 Å². The Balaban J connectivity index is 1.76. The van der Waals surface area contributed by atoms with Gasteiger partial charge in [0.2, 0.25) is 10.0 Å². The van der Waals surface area contributed by atoms with Crippen LogP contribution in [0.25, 0.3) is 0 Å². The molecular formula is C22H28N2O4S. The lowest BCUT2D eigenvalue weighted by atomic mass is 10.1. The Labute approximate surface area is 173 Å². The van der Waals surface area contributed by atoms with E-state index in [1.54, 1.807) is 29.2 Å². The molecule has 1 aliphatic rings. The standard InChI is InChI=1S/C22H28N2O4S/c1-5-23(29(26,27)20-9-6-16(2)7-10-20)13-12-18(4)24-21-11-8-17(3)14-19(21)15-28-22(24)25/h6-11,14,18H,5,12-13,15H2,1-4H3. The maximum absolute atomic E-state index is 13.0. The van der Waals surface area contributed by atoms with Gasteiger partial charge < -0.3 is 4.74 Å². The summed E-state index contributed by atoms with van der Waals surface area (Å²) in [6.07, 6.45) is 0.111. The zero-order chi connectivity index (χ0) is 21.2. The van der Waals surface area contributed by atoms with Crippen LogP contribution in [0.1, 0.15) is 37.0 Å². The number of sulfonamides is 1. The van der Waals surface area contributed by atoms with Crippen molar-refractivity contribution in [2.75, 3.05) is 18.0 Å². The third-order valence-corrected chi connectivity index (χ3v) is 7.28. The third-order valence-electron chi connectivity index (χ3n) is 5.29. The van der Waals surface area contributed by atoms with Gasteiger partial charge in [-0.25, -0.2) is 13.2 Å². The van der Waals surface area contributed by atoms with E-state index in [1.807, 2.05) is 45.9 Å². The molecular weight excluding hydrogens is 388 g/mol. The van der Waals surface area contributed by atoms with Crippen molar-refractivity contribution in [2.45, 2.75) is 51.7 Å². The molecule has 2 aromatic rings. The minimum absolute atomic E-state index is 0.202. The number of carbonyl (C=O) groups is 1. The fourth-order valence-electron chi connectivity index (χ4n) is 3.56. The van der Waals surface area contributed by atoms with Gasteiger partial charge in [0.05, 0.1) is 10.6 Å². The first-order valence-electron chi connectivity index (χ1n) is 9.86. The van der Waals surface area contributed by atoms with Crippen molar-refractivity contribution in [3.8, 4) is 0 Å². The molecule has 0 bridgehead atoms. The molecule has 1 atom stereocenters. The number of cyclic esters (lactones) is 1. The lowest BCUT2D eigenvalue weighted by molar-refractivity contribution is 0.138. The van der Waals surface area contributed by atoms with Crippen LogP contribution in [0.4, 0.5) is 10.5 Å². The van der Waals surface area contributed by atoms with Crippen molar-refractivity contribution in [1.82, 2.24) is 4.31 Å². The number of carbonyl (C=O) groups excluding carboxylic acids is 1. The number of benzene rings is 2. The molecule has 6 nitrogen and oxygen atoms in total. The summed E-state index contributed by atoms with van der Waals surface area (Å²) in [5.41, 5.74) is 3.92. The van der Waals surface area contributed by atoms with Gasteiger partial charge in [-0.2, -0.15) is 4.31 Å². The molecule has 0 saturated carbocycles. The van der Waals surface area contributed by atoms with Gasteiger partial charge in [0, 0.05) is 24.7 Å². The van der Waals surface area contributed by atoms with Gasteiger partial charge in [-0.3, -0.25) is 4.90 Å². The zero-order valence-electron chi connectivity index (χ0n) is 17.4. The summed E-state index contributed by atoms with van der Waals surface area (Å²) >= 11 is 0. The number of aryl methyl sites for hydroxylation is 2. The number of amides is 1. The van der Waals surface area contributed by atoms with Crippen molar-refractivity contribution in [3.05, 3.63) is 59.2 Å². The van der Waals surface area contributed by atoms with Gasteiger partial charge in [0.25, 0.3) is 0 Å². The highest BCUT2D eigenvalue weighted by Gasteiger charge is 2.31. The van der Waals surface area contributed by atoms with E-state index in [9.17, 15) is 13.2 Å². The highest BCUT2D eigenvalue weighted by molar-refractivity contribution is 7.89. The molecule has 1 heterocycles. The zero-order valence-corrected chi connectivity index (χ0v) is 18.2. The number of hydrogen-bond donors (Lipinski definition) is 0. The van der Waals surface area contributed by atoms with Gasteiger partial charge in [-0.05, 0) is 45.4 Å². The molecule has 2 aromatic carbocycles. The topological polar surface area (TPSA) is 66.9 Å². The van der Waals surface area contributed by atoms with E-state index in [0.717, 1.165) is 22.4 Å². The van der Waals surface area contributed by atoms with Crippen molar-refractivity contribution in [3.63, 3.8) is 0 Å². The molecule has 0 spiro atoms. The number of nitrogens with zero attached hydrogens (tertiary/aromatic N) is 2. The molecule has 1 unspecified atom stereocenters. The summed E-state index contributed by atoms with van der Waals surface area (Å²) in [5, 5.41) is 0. The van der Waals surface area contributed by atoms with Gasteiger partial charge in [-0.15, -0.1) is 0 Å². The summed E-state index contributed by atoms with van der Waals surface area (Å²) in [5.74, 6) is 0. The van der Waals surface area contributed by atoms with Crippen molar-refractivity contribution in [2.24, 2.45) is 0 Å². The summed E-state index contributed by atoms with van der Waals surface area (Å²) in [4.78, 5) is 14.3. The second-order valence-electron chi connectivity index (χ2n) is 7.50. The van der Waals surface area contributed by atoms with Gasteiger partial charge in [0.15, 0.2) is 0 Å². The quantitative estimate of drug-likeness (QED) is 0.677. The number of ether oxygens (including phenoxy) is 1. The van der Waals surface area contributed by atoms with Gasteiger partial charge >= 0.3 is 6.09 Å². The molecule has 0 aromatic heterocycles. The second-order valence-corrected chi connectivity index (χ2v) is 9.44. The molecule has 1 amide bonds. The first-order chi connectivity index (χ1) is 13.7. The van der Waals surface area contributed by atoms with E-state index >= 15 is 0 Å². The SMILES string of the molecule is CCN(CCC(C)N1C(=O)OCc2cc(C)ccc21)S(=O)(=O)c1ccc(C)cc1. The summed E-state index contributed by atoms with van der Waals surface area (Å²) in [6.45, 7) is 8.61. The Morgan fingerprint density at radius 1 is 1.10 bits per heavy atom. The molecule has 0 N–H and O–H groups in total. The van der Waals surface area contributed by atoms with Crippen molar-refractivity contribution in [1.29, 1.82) is 0 Å². The van der Waals surface area contributed by atoms with Crippen LogP contribution in [0.15, 0.2) is 47.4 Å². The van der Waals surface area contributed by atoms with Crippen LogP contribution in [-0.4, -0.2) is 37.9 Å². The van der Waals surface area contributed by atoms with E-state index in [4.69, 9.17) is 4.74 Å². The largest absolute Gasteiger partial charge is 0.444 e. The number of rotatable bonds is 7. The maximum Gasteiger partial charge on any atom is 0.414 e. The van der Waals surface area contributed by atoms with E-state index in [-0.39, 0.29) is 17.5 Å². The Bertz CT molecular complexity index is 986. The van der Waals surface area contributed by atoms with Gasteiger partial charge in [-0.1, -0.05) is 42.3 Å². The van der Waals surface area contributed by atoms with Crippen LogP contribution in [0.2, 0.25) is 0 Å². The summed E-state index contributed by atoms with van der Waals surface area (Å²) < 4.78 is 32.8. The maximum atomic E-state index is 13.0. The second kappa shape index (κ2) is 8.55. The first kappa shape index (κ1) is 21.3. The third kappa shape index (κ3) is 4.46. The monoisotopic (exact) mass is 416 g/mol. The first-order valence-corrected chi connectivity index (χ1v) is 11.3. The molecule has 0 fully saturated rings. The minimum atomic E-state index is -3.58. The lowest BCUT2D eigenvalue weighted by Gasteiger charge is -2.34. The lowest BCUT2D eigenvalue weighted by Crippen LogP contribution is -2.44.